The predicted molar refractivity (Wildman–Crippen MR) is 105 cm³/mol. The molecule has 0 saturated heterocycles. The number of hydrogen-bond donors (Lipinski definition) is 1. The lowest BCUT2D eigenvalue weighted by Gasteiger charge is -2.08. The minimum absolute atomic E-state index is 0.0343. The molecule has 0 aliphatic carbocycles. The van der Waals surface area contributed by atoms with Gasteiger partial charge in [0.15, 0.2) is 0 Å². The minimum atomic E-state index is -0.219. The van der Waals surface area contributed by atoms with Gasteiger partial charge >= 0.3 is 0 Å². The highest BCUT2D eigenvalue weighted by Gasteiger charge is 2.15. The number of nitrogens with one attached hydrogen (secondary N) is 1. The van der Waals surface area contributed by atoms with Gasteiger partial charge in [0.25, 0.3) is 0 Å². The van der Waals surface area contributed by atoms with Gasteiger partial charge in [-0.25, -0.2) is 4.39 Å². The summed E-state index contributed by atoms with van der Waals surface area (Å²) in [6.07, 6.45) is 1.25. The Kier molecular flexibility index (Phi) is 7.69. The molecule has 1 heterocycles. The lowest BCUT2D eigenvalue weighted by molar-refractivity contribution is -0.120. The normalized spacial score (nSPS) is 11.2. The number of amides is 1. The molecule has 0 bridgehead atoms. The zero-order valence-corrected chi connectivity index (χ0v) is 16.8. The van der Waals surface area contributed by atoms with Crippen LogP contribution in [0.4, 0.5) is 4.39 Å². The van der Waals surface area contributed by atoms with Gasteiger partial charge in [0, 0.05) is 29.2 Å². The van der Waals surface area contributed by atoms with E-state index >= 15 is 0 Å². The SMILES string of the molecule is Cc1nn(CC(C)C)c(C)c1CC(=O)NCCCSc1ccc(F)cc1. The number of rotatable bonds is 9. The largest absolute Gasteiger partial charge is 0.356 e. The summed E-state index contributed by atoms with van der Waals surface area (Å²) in [6, 6.07) is 6.49. The first-order chi connectivity index (χ1) is 12.4. The van der Waals surface area contributed by atoms with Crippen LogP contribution in [0.15, 0.2) is 29.2 Å². The maximum absolute atomic E-state index is 12.9. The van der Waals surface area contributed by atoms with E-state index in [4.69, 9.17) is 0 Å². The predicted octanol–water partition coefficient (Wildman–Crippen LogP) is 4.14. The van der Waals surface area contributed by atoms with Crippen molar-refractivity contribution in [1.29, 1.82) is 0 Å². The lowest BCUT2D eigenvalue weighted by Crippen LogP contribution is -2.26. The van der Waals surface area contributed by atoms with Gasteiger partial charge in [-0.3, -0.25) is 9.48 Å². The molecule has 0 aliphatic rings. The maximum Gasteiger partial charge on any atom is 0.224 e. The zero-order chi connectivity index (χ0) is 19.1. The Morgan fingerprint density at radius 1 is 1.27 bits per heavy atom. The van der Waals surface area contributed by atoms with Crippen LogP contribution in [0.5, 0.6) is 0 Å². The fourth-order valence-electron chi connectivity index (χ4n) is 2.76. The molecular formula is C20H28FN3OS. The van der Waals surface area contributed by atoms with Gasteiger partial charge in [-0.05, 0) is 56.2 Å². The third-order valence-corrected chi connectivity index (χ3v) is 5.23. The number of aromatic nitrogens is 2. The minimum Gasteiger partial charge on any atom is -0.356 e. The molecule has 1 aromatic carbocycles. The lowest BCUT2D eigenvalue weighted by atomic mass is 10.1. The van der Waals surface area contributed by atoms with Crippen LogP contribution in [0.3, 0.4) is 0 Å². The summed E-state index contributed by atoms with van der Waals surface area (Å²) in [7, 11) is 0. The molecule has 142 valence electrons. The molecule has 0 saturated carbocycles. The number of thioether (sulfide) groups is 1. The van der Waals surface area contributed by atoms with Crippen molar-refractivity contribution in [3.8, 4) is 0 Å². The summed E-state index contributed by atoms with van der Waals surface area (Å²) in [5, 5.41) is 7.54. The molecule has 0 aliphatic heterocycles. The number of carbonyl (C=O) groups excluding carboxylic acids is 1. The molecular weight excluding hydrogens is 349 g/mol. The van der Waals surface area contributed by atoms with Crippen molar-refractivity contribution in [2.45, 2.75) is 52.0 Å². The number of carbonyl (C=O) groups is 1. The monoisotopic (exact) mass is 377 g/mol. The molecule has 26 heavy (non-hydrogen) atoms. The number of hydrogen-bond acceptors (Lipinski definition) is 3. The Morgan fingerprint density at radius 3 is 2.62 bits per heavy atom. The molecule has 0 atom stereocenters. The van der Waals surface area contributed by atoms with E-state index in [0.717, 1.165) is 40.6 Å². The smallest absolute Gasteiger partial charge is 0.224 e. The fraction of sp³-hybridized carbons (Fsp3) is 0.500. The summed E-state index contributed by atoms with van der Waals surface area (Å²) >= 11 is 1.67. The summed E-state index contributed by atoms with van der Waals surface area (Å²) in [6.45, 7) is 9.83. The molecule has 2 rings (SSSR count). The van der Waals surface area contributed by atoms with Crippen molar-refractivity contribution in [1.82, 2.24) is 15.1 Å². The molecule has 6 heteroatoms. The number of benzene rings is 1. The van der Waals surface area contributed by atoms with Crippen LogP contribution < -0.4 is 5.32 Å². The van der Waals surface area contributed by atoms with E-state index in [1.807, 2.05) is 18.5 Å². The van der Waals surface area contributed by atoms with Crippen molar-refractivity contribution in [3.63, 3.8) is 0 Å². The van der Waals surface area contributed by atoms with Crippen LogP contribution in [0.1, 0.15) is 37.2 Å². The Hall–Kier alpha value is -1.82. The van der Waals surface area contributed by atoms with E-state index in [2.05, 4.69) is 24.3 Å². The zero-order valence-electron chi connectivity index (χ0n) is 16.0. The Labute approximate surface area is 159 Å². The second kappa shape index (κ2) is 9.76. The first kappa shape index (κ1) is 20.5. The first-order valence-corrected chi connectivity index (χ1v) is 10.0. The van der Waals surface area contributed by atoms with Gasteiger partial charge in [0.2, 0.25) is 5.91 Å². The average Bonchev–Trinajstić information content (AvgIpc) is 2.83. The van der Waals surface area contributed by atoms with Crippen LogP contribution in [0.2, 0.25) is 0 Å². The van der Waals surface area contributed by atoms with Gasteiger partial charge in [-0.1, -0.05) is 13.8 Å². The van der Waals surface area contributed by atoms with Crippen molar-refractivity contribution in [2.24, 2.45) is 5.92 Å². The average molecular weight is 378 g/mol. The Balaban J connectivity index is 1.73. The number of nitrogens with zero attached hydrogens (tertiary/aromatic N) is 2. The number of halogens is 1. The molecule has 2 aromatic rings. The van der Waals surface area contributed by atoms with Crippen molar-refractivity contribution < 1.29 is 9.18 Å². The van der Waals surface area contributed by atoms with Crippen LogP contribution in [0, 0.1) is 25.6 Å². The third-order valence-electron chi connectivity index (χ3n) is 4.13. The Morgan fingerprint density at radius 2 is 1.96 bits per heavy atom. The van der Waals surface area contributed by atoms with Gasteiger partial charge in [0.05, 0.1) is 12.1 Å². The molecule has 0 fully saturated rings. The van der Waals surface area contributed by atoms with E-state index < -0.39 is 0 Å². The second-order valence-electron chi connectivity index (χ2n) is 6.91. The quantitative estimate of drug-likeness (QED) is 0.528. The number of aryl methyl sites for hydroxylation is 1. The fourth-order valence-corrected chi connectivity index (χ4v) is 3.61. The highest BCUT2D eigenvalue weighted by atomic mass is 32.2. The van der Waals surface area contributed by atoms with Crippen molar-refractivity contribution in [2.75, 3.05) is 12.3 Å². The van der Waals surface area contributed by atoms with Gasteiger partial charge in [-0.15, -0.1) is 11.8 Å². The third kappa shape index (κ3) is 6.16. The van der Waals surface area contributed by atoms with E-state index in [0.29, 0.717) is 18.9 Å². The van der Waals surface area contributed by atoms with Gasteiger partial charge in [0.1, 0.15) is 5.82 Å². The van der Waals surface area contributed by atoms with E-state index in [-0.39, 0.29) is 11.7 Å². The molecule has 0 radical (unpaired) electrons. The second-order valence-corrected chi connectivity index (χ2v) is 8.08. The van der Waals surface area contributed by atoms with E-state index in [1.165, 1.54) is 12.1 Å². The van der Waals surface area contributed by atoms with E-state index in [1.54, 1.807) is 23.9 Å². The van der Waals surface area contributed by atoms with Gasteiger partial charge < -0.3 is 5.32 Å². The van der Waals surface area contributed by atoms with Gasteiger partial charge in [-0.2, -0.15) is 5.10 Å². The van der Waals surface area contributed by atoms with Crippen LogP contribution in [0.25, 0.3) is 0 Å². The summed E-state index contributed by atoms with van der Waals surface area (Å²) in [5.41, 5.74) is 3.05. The Bertz CT molecular complexity index is 725. The highest BCUT2D eigenvalue weighted by molar-refractivity contribution is 7.99. The summed E-state index contributed by atoms with van der Waals surface area (Å²) < 4.78 is 14.9. The molecule has 1 aromatic heterocycles. The van der Waals surface area contributed by atoms with Crippen molar-refractivity contribution in [3.05, 3.63) is 47.0 Å². The summed E-state index contributed by atoms with van der Waals surface area (Å²) in [5.74, 6) is 1.22. The van der Waals surface area contributed by atoms with Crippen molar-refractivity contribution >= 4 is 17.7 Å². The topological polar surface area (TPSA) is 46.9 Å². The summed E-state index contributed by atoms with van der Waals surface area (Å²) in [4.78, 5) is 13.3. The molecule has 0 spiro atoms. The molecule has 4 nitrogen and oxygen atoms in total. The maximum atomic E-state index is 12.9. The molecule has 1 amide bonds. The van der Waals surface area contributed by atoms with Crippen LogP contribution in [-0.4, -0.2) is 28.0 Å². The van der Waals surface area contributed by atoms with Crippen LogP contribution >= 0.6 is 11.8 Å². The van der Waals surface area contributed by atoms with Crippen LogP contribution in [-0.2, 0) is 17.8 Å². The standard InChI is InChI=1S/C20H28FN3OS/c1-14(2)13-24-16(4)19(15(3)23-24)12-20(25)22-10-5-11-26-18-8-6-17(21)7-9-18/h6-9,14H,5,10-13H2,1-4H3,(H,22,25). The van der Waals surface area contributed by atoms with E-state index in [9.17, 15) is 9.18 Å². The first-order valence-electron chi connectivity index (χ1n) is 9.04. The highest BCUT2D eigenvalue weighted by Crippen LogP contribution is 2.18. The molecule has 1 N–H and O–H groups in total. The molecule has 0 unspecified atom stereocenters.